The van der Waals surface area contributed by atoms with E-state index in [4.69, 9.17) is 9.31 Å². The van der Waals surface area contributed by atoms with Crippen LogP contribution in [0.15, 0.2) is 0 Å². The van der Waals surface area contributed by atoms with Crippen molar-refractivity contribution in [2.24, 2.45) is 0 Å². The third-order valence-corrected chi connectivity index (χ3v) is 2.66. The minimum Gasteiger partial charge on any atom is -0.485 e. The highest BCUT2D eigenvalue weighted by Crippen LogP contribution is 2.36. The summed E-state index contributed by atoms with van der Waals surface area (Å²) in [6.45, 7) is 12.2. The largest absolute Gasteiger partial charge is 0.891 e. The Labute approximate surface area is 80.9 Å². The van der Waals surface area contributed by atoms with E-state index in [1.165, 1.54) is 0 Å². The van der Waals surface area contributed by atoms with Crippen LogP contribution in [0.4, 0.5) is 0 Å². The Bertz CT molecular complexity index is 173. The predicted molar refractivity (Wildman–Crippen MR) is 53.4 cm³/mol. The molecule has 13 heavy (non-hydrogen) atoms. The molecule has 0 bridgehead atoms. The maximum Gasteiger partial charge on any atom is 0.891 e. The van der Waals surface area contributed by atoms with E-state index in [9.17, 15) is 0 Å². The van der Waals surface area contributed by atoms with Gasteiger partial charge in [0, 0.05) is 13.8 Å². The van der Waals surface area contributed by atoms with Crippen LogP contribution in [0.3, 0.4) is 0 Å². The molecule has 1 saturated heterocycles. The topological polar surface area (TPSA) is 31.3 Å². The maximum absolute atomic E-state index is 5.69. The molecule has 0 aromatic heterocycles. The number of rotatable bonds is 2. The fourth-order valence-electron chi connectivity index (χ4n) is 1.12. The number of hydrogen-bond donors (Lipinski definition) is 0. The highest BCUT2D eigenvalue weighted by atomic mass is 16.8. The van der Waals surface area contributed by atoms with Gasteiger partial charge in [-0.15, -0.1) is 0 Å². The minimum atomic E-state index is -0.398. The van der Waals surface area contributed by atoms with E-state index in [-0.39, 0.29) is 17.3 Å². The van der Waals surface area contributed by atoms with Gasteiger partial charge in [-0.05, 0) is 27.7 Å². The van der Waals surface area contributed by atoms with Crippen molar-refractivity contribution in [3.05, 3.63) is 0 Å². The minimum absolute atomic E-state index is 0.245. The van der Waals surface area contributed by atoms with Crippen molar-refractivity contribution in [3.8, 4) is 0 Å². The van der Waals surface area contributed by atoms with E-state index in [1.54, 1.807) is 0 Å². The molecule has 0 aliphatic carbocycles. The summed E-state index contributed by atoms with van der Waals surface area (Å²) in [6, 6.07) is 0. The Morgan fingerprint density at radius 3 is 1.69 bits per heavy atom. The van der Waals surface area contributed by atoms with E-state index in [0.717, 1.165) is 0 Å². The van der Waals surface area contributed by atoms with E-state index >= 15 is 0 Å². The van der Waals surface area contributed by atoms with Crippen molar-refractivity contribution in [3.63, 3.8) is 0 Å². The second-order valence-corrected chi connectivity index (χ2v) is 4.81. The summed E-state index contributed by atoms with van der Waals surface area (Å²) < 4.78 is 15.7. The molecule has 76 valence electrons. The lowest BCUT2D eigenvalue weighted by atomic mass is 9.90. The van der Waals surface area contributed by atoms with Gasteiger partial charge < -0.3 is 14.0 Å². The molecule has 0 saturated carbocycles. The molecule has 3 nitrogen and oxygen atoms in total. The molecule has 0 unspecified atom stereocenters. The molecule has 4 heteroatoms. The van der Waals surface area contributed by atoms with Crippen molar-refractivity contribution in [1.82, 2.24) is 0 Å². The first-order valence-electron chi connectivity index (χ1n) is 4.80. The van der Waals surface area contributed by atoms with E-state index in [1.807, 2.05) is 41.5 Å². The lowest BCUT2D eigenvalue weighted by molar-refractivity contribution is -0.00907. The molecule has 0 radical (unpaired) electrons. The summed E-state index contributed by atoms with van der Waals surface area (Å²) in [5.41, 5.74) is -0.536. The third kappa shape index (κ3) is 2.24. The third-order valence-electron chi connectivity index (χ3n) is 2.66. The van der Waals surface area contributed by atoms with Crippen LogP contribution in [0, 0.1) is 0 Å². The van der Waals surface area contributed by atoms with Gasteiger partial charge >= 0.3 is 7.32 Å². The zero-order valence-electron chi connectivity index (χ0n) is 9.42. The van der Waals surface area contributed by atoms with Gasteiger partial charge in [0.2, 0.25) is 0 Å². The highest BCUT2D eigenvalue weighted by molar-refractivity contribution is 6.36. The molecular weight excluding hydrogens is 167 g/mol. The standard InChI is InChI=1S/C9H19BO3/c1-7(2)11-10-12-8(3,4)9(5,6)13-10/h7H,1-6H3/p+1. The lowest BCUT2D eigenvalue weighted by Crippen LogP contribution is -2.41. The predicted octanol–water partition coefficient (Wildman–Crippen LogP) is 1.51. The van der Waals surface area contributed by atoms with Crippen LogP contribution in [0.5, 0.6) is 0 Å². The number of hydrogen-bond acceptors (Lipinski definition) is 2. The van der Waals surface area contributed by atoms with Crippen molar-refractivity contribution < 1.29 is 14.0 Å². The van der Waals surface area contributed by atoms with E-state index in [0.29, 0.717) is 0 Å². The van der Waals surface area contributed by atoms with E-state index < -0.39 is 7.32 Å². The Morgan fingerprint density at radius 1 is 1.00 bits per heavy atom. The van der Waals surface area contributed by atoms with Gasteiger partial charge in [0.05, 0.1) is 11.2 Å². The fraction of sp³-hybridized carbons (Fsp3) is 1.00. The first-order chi connectivity index (χ1) is 5.74. The summed E-state index contributed by atoms with van der Waals surface area (Å²) in [7, 11) is -0.398. The molecule has 1 rings (SSSR count). The van der Waals surface area contributed by atoms with Gasteiger partial charge in [0.15, 0.2) is 0 Å². The first-order valence-corrected chi connectivity index (χ1v) is 4.80. The summed E-state index contributed by atoms with van der Waals surface area (Å²) in [5.74, 6) is 0. The van der Waals surface area contributed by atoms with Crippen LogP contribution in [0.25, 0.3) is 0 Å². The summed E-state index contributed by atoms with van der Waals surface area (Å²) in [4.78, 5) is 0. The van der Waals surface area contributed by atoms with Gasteiger partial charge in [-0.3, -0.25) is 0 Å². The molecule has 0 atom stereocenters. The molecule has 1 aliphatic rings. The van der Waals surface area contributed by atoms with Crippen molar-refractivity contribution in [2.75, 3.05) is 0 Å². The Hall–Kier alpha value is -0.0551. The fourth-order valence-corrected chi connectivity index (χ4v) is 1.12. The van der Waals surface area contributed by atoms with Gasteiger partial charge in [0.1, 0.15) is 6.10 Å². The Kier molecular flexibility index (Phi) is 2.77. The lowest BCUT2D eigenvalue weighted by Gasteiger charge is -2.30. The normalized spacial score (nSPS) is 25.6. The second kappa shape index (κ2) is 3.26. The van der Waals surface area contributed by atoms with Gasteiger partial charge in [-0.1, -0.05) is 0 Å². The zero-order chi connectivity index (χ0) is 10.3. The van der Waals surface area contributed by atoms with Crippen LogP contribution in [-0.4, -0.2) is 29.3 Å². The molecule has 1 heterocycles. The average Bonchev–Trinajstić information content (AvgIpc) is 1.98. The van der Waals surface area contributed by atoms with Crippen molar-refractivity contribution in [2.45, 2.75) is 58.8 Å². The average molecular weight is 187 g/mol. The molecule has 0 spiro atoms. The molecule has 1 fully saturated rings. The molecular formula is C9H20BO3+. The summed E-state index contributed by atoms with van der Waals surface area (Å²) in [5, 5.41) is 0. The number of aliphatic hydroxyl groups is 1. The van der Waals surface area contributed by atoms with Gasteiger partial charge in [-0.25, -0.2) is 0 Å². The second-order valence-electron chi connectivity index (χ2n) is 4.81. The molecule has 0 aromatic carbocycles. The van der Waals surface area contributed by atoms with Crippen LogP contribution < -0.4 is 0 Å². The van der Waals surface area contributed by atoms with Gasteiger partial charge in [-0.2, -0.15) is 0 Å². The summed E-state index contributed by atoms with van der Waals surface area (Å²) in [6.07, 6.45) is 0.245. The van der Waals surface area contributed by atoms with Crippen molar-refractivity contribution in [1.29, 1.82) is 0 Å². The van der Waals surface area contributed by atoms with E-state index in [2.05, 4.69) is 4.65 Å². The molecule has 0 amide bonds. The van der Waals surface area contributed by atoms with Crippen LogP contribution >= 0.6 is 0 Å². The van der Waals surface area contributed by atoms with Crippen LogP contribution in [0.2, 0.25) is 0 Å². The van der Waals surface area contributed by atoms with Crippen LogP contribution in [-0.2, 0) is 9.31 Å². The highest BCUT2D eigenvalue weighted by Gasteiger charge is 2.59. The summed E-state index contributed by atoms with van der Waals surface area (Å²) >= 11 is 0. The van der Waals surface area contributed by atoms with Crippen LogP contribution in [0.1, 0.15) is 41.5 Å². The smallest absolute Gasteiger partial charge is 0.485 e. The molecule has 1 N–H and O–H groups in total. The SMILES string of the molecule is CC(C)[OH+]B1OC(C)(C)C(C)(C)O1. The molecule has 0 aromatic rings. The maximum atomic E-state index is 5.69. The van der Waals surface area contributed by atoms with Crippen molar-refractivity contribution >= 4 is 7.32 Å². The molecule has 1 aliphatic heterocycles. The first kappa shape index (κ1) is 11.0. The van der Waals surface area contributed by atoms with Gasteiger partial charge in [0.25, 0.3) is 0 Å². The Morgan fingerprint density at radius 2 is 1.38 bits per heavy atom. The zero-order valence-corrected chi connectivity index (χ0v) is 9.42. The Balaban J connectivity index is 2.60. The quantitative estimate of drug-likeness (QED) is 0.484. The monoisotopic (exact) mass is 187 g/mol.